The van der Waals surface area contributed by atoms with E-state index in [9.17, 15) is 14.4 Å². The van der Waals surface area contributed by atoms with E-state index in [0.29, 0.717) is 36.7 Å². The van der Waals surface area contributed by atoms with Gasteiger partial charge in [-0.15, -0.1) is 0 Å². The van der Waals surface area contributed by atoms with Crippen molar-refractivity contribution in [3.8, 4) is 0 Å². The van der Waals surface area contributed by atoms with Crippen LogP contribution in [0.3, 0.4) is 0 Å². The van der Waals surface area contributed by atoms with Gasteiger partial charge in [-0.05, 0) is 39.4 Å². The Balaban J connectivity index is 2.50. The summed E-state index contributed by atoms with van der Waals surface area (Å²) in [6.45, 7) is 17.0. The summed E-state index contributed by atoms with van der Waals surface area (Å²) in [6.07, 6.45) is 3.48. The Morgan fingerprint density at radius 1 is 1.18 bits per heavy atom. The van der Waals surface area contributed by atoms with Crippen LogP contribution in [0.1, 0.15) is 78.0 Å². The van der Waals surface area contributed by atoms with E-state index < -0.39 is 29.6 Å². The van der Waals surface area contributed by atoms with Crippen molar-refractivity contribution in [2.24, 2.45) is 11.8 Å². The minimum atomic E-state index is -0.693. The highest BCUT2D eigenvalue weighted by molar-refractivity contribution is 7.98. The normalized spacial score (nSPS) is 18.1. The van der Waals surface area contributed by atoms with Gasteiger partial charge in [0.2, 0.25) is 0 Å². The van der Waals surface area contributed by atoms with E-state index in [0.717, 1.165) is 5.75 Å². The largest absolute Gasteiger partial charge is 0.469 e. The topological polar surface area (TPSA) is 114 Å². The Labute approximate surface area is 238 Å². The number of likely N-dealkylation sites (tertiary alicyclic amines) is 1. The molecule has 0 aliphatic carbocycles. The van der Waals surface area contributed by atoms with E-state index in [-0.39, 0.29) is 30.3 Å². The Morgan fingerprint density at radius 3 is 2.38 bits per heavy atom. The Kier molecular flexibility index (Phi) is 11.4. The smallest absolute Gasteiger partial charge is 0.410 e. The highest BCUT2D eigenvalue weighted by atomic mass is 32.2. The lowest BCUT2D eigenvalue weighted by molar-refractivity contribution is -0.148. The number of carbonyl (C=O) groups excluding carboxylic acids is 3. The van der Waals surface area contributed by atoms with Gasteiger partial charge in [0, 0.05) is 43.5 Å². The quantitative estimate of drug-likeness (QED) is 0.343. The molecule has 10 nitrogen and oxygen atoms in total. The molecular formula is C28H47N5O5S. The van der Waals surface area contributed by atoms with Crippen LogP contribution in [0.15, 0.2) is 6.20 Å². The highest BCUT2D eigenvalue weighted by Gasteiger charge is 2.40. The molecule has 1 aliphatic heterocycles. The maximum atomic E-state index is 14.2. The van der Waals surface area contributed by atoms with Crippen LogP contribution in [0.2, 0.25) is 0 Å². The van der Waals surface area contributed by atoms with Crippen molar-refractivity contribution in [2.45, 2.75) is 78.9 Å². The van der Waals surface area contributed by atoms with Crippen molar-refractivity contribution < 1.29 is 23.9 Å². The fourth-order valence-electron chi connectivity index (χ4n) is 4.36. The second-order valence-corrected chi connectivity index (χ2v) is 13.5. The molecule has 0 saturated carbocycles. The first-order valence-corrected chi connectivity index (χ1v) is 14.9. The second kappa shape index (κ2) is 13.7. The number of thioether (sulfide) groups is 1. The van der Waals surface area contributed by atoms with Crippen LogP contribution in [-0.4, -0.2) is 94.7 Å². The molecule has 2 amide bonds. The fraction of sp³-hybridized carbons (Fsp3) is 0.750. The molecule has 2 heterocycles. The van der Waals surface area contributed by atoms with Gasteiger partial charge in [-0.3, -0.25) is 9.59 Å². The molecule has 2 atom stereocenters. The molecule has 1 aliphatic rings. The molecule has 0 bridgehead atoms. The summed E-state index contributed by atoms with van der Waals surface area (Å²) in [4.78, 5) is 52.4. The van der Waals surface area contributed by atoms with Crippen LogP contribution in [0.25, 0.3) is 0 Å². The average molecular weight is 566 g/mol. The molecule has 220 valence electrons. The number of hydrogen-bond acceptors (Lipinski definition) is 9. The molecule has 0 spiro atoms. The predicted octanol–water partition coefficient (Wildman–Crippen LogP) is 4.45. The monoisotopic (exact) mass is 565 g/mol. The van der Waals surface area contributed by atoms with Crippen molar-refractivity contribution >= 4 is 35.5 Å². The summed E-state index contributed by atoms with van der Waals surface area (Å²) in [5.74, 6) is 0.894. The molecule has 39 heavy (non-hydrogen) atoms. The summed E-state index contributed by atoms with van der Waals surface area (Å²) in [5, 5.41) is 3.33. The summed E-state index contributed by atoms with van der Waals surface area (Å²) >= 11 is 1.70. The van der Waals surface area contributed by atoms with E-state index in [4.69, 9.17) is 14.5 Å². The van der Waals surface area contributed by atoms with Crippen LogP contribution in [0.4, 0.5) is 10.6 Å². The lowest BCUT2D eigenvalue weighted by atomic mass is 9.92. The molecular weight excluding hydrogens is 518 g/mol. The van der Waals surface area contributed by atoms with Gasteiger partial charge in [0.1, 0.15) is 22.8 Å². The van der Waals surface area contributed by atoms with Gasteiger partial charge in [-0.1, -0.05) is 34.6 Å². The van der Waals surface area contributed by atoms with Crippen molar-refractivity contribution in [3.05, 3.63) is 17.6 Å². The van der Waals surface area contributed by atoms with Gasteiger partial charge in [-0.2, -0.15) is 11.8 Å². The van der Waals surface area contributed by atoms with Crippen LogP contribution in [0.5, 0.6) is 0 Å². The standard InChI is InChI=1S/C28H47N5O5S/c1-18(2)15-33(20-13-19(24(35)37-9)16-32(17-20)26(36)38-28(6,7)8)23(34)21-14-30-25(27(3,4)5)31-22(21)29-11-12-39-10/h14,18-20H,11-13,15-17H2,1-10H3,(H,29,30,31)/t19-,20+/m1/s1. The average Bonchev–Trinajstić information content (AvgIpc) is 2.84. The number of rotatable bonds is 9. The first-order valence-electron chi connectivity index (χ1n) is 13.5. The van der Waals surface area contributed by atoms with Gasteiger partial charge in [0.25, 0.3) is 5.91 Å². The molecule has 0 unspecified atom stereocenters. The Morgan fingerprint density at radius 2 is 1.85 bits per heavy atom. The summed E-state index contributed by atoms with van der Waals surface area (Å²) < 4.78 is 10.7. The predicted molar refractivity (Wildman–Crippen MR) is 155 cm³/mol. The van der Waals surface area contributed by atoms with E-state index in [2.05, 4.69) is 10.3 Å². The number of piperidine rings is 1. The van der Waals surface area contributed by atoms with Crippen molar-refractivity contribution in [1.82, 2.24) is 19.8 Å². The number of methoxy groups -OCH3 is 1. The van der Waals surface area contributed by atoms with Gasteiger partial charge in [-0.25, -0.2) is 14.8 Å². The lowest BCUT2D eigenvalue weighted by Gasteiger charge is -2.42. The SMILES string of the molecule is COC(=O)[C@@H]1C[C@H](N(CC(C)C)C(=O)c2cnc(C(C)(C)C)nc2NCCSC)CN(C(=O)OC(C)(C)C)C1. The molecule has 1 aromatic heterocycles. The third-order valence-electron chi connectivity index (χ3n) is 6.17. The number of nitrogens with one attached hydrogen (secondary N) is 1. The first-order chi connectivity index (χ1) is 18.1. The fourth-order valence-corrected chi connectivity index (χ4v) is 4.67. The summed E-state index contributed by atoms with van der Waals surface area (Å²) in [5.41, 5.74) is -0.615. The number of esters is 1. The lowest BCUT2D eigenvalue weighted by Crippen LogP contribution is -2.57. The molecule has 1 fully saturated rings. The zero-order chi connectivity index (χ0) is 29.5. The number of nitrogens with zero attached hydrogens (tertiary/aromatic N) is 4. The maximum Gasteiger partial charge on any atom is 0.410 e. The summed E-state index contributed by atoms with van der Waals surface area (Å²) in [7, 11) is 1.33. The number of ether oxygens (including phenoxy) is 2. The second-order valence-electron chi connectivity index (χ2n) is 12.5. The zero-order valence-electron chi connectivity index (χ0n) is 25.3. The molecule has 1 N–H and O–H groups in total. The van der Waals surface area contributed by atoms with Crippen LogP contribution in [-0.2, 0) is 19.7 Å². The molecule has 0 aromatic carbocycles. The Hall–Kier alpha value is -2.56. The number of aromatic nitrogens is 2. The Bertz CT molecular complexity index is 1010. The van der Waals surface area contributed by atoms with Gasteiger partial charge >= 0.3 is 12.1 Å². The highest BCUT2D eigenvalue weighted by Crippen LogP contribution is 2.28. The van der Waals surface area contributed by atoms with Gasteiger partial charge < -0.3 is 24.6 Å². The minimum absolute atomic E-state index is 0.144. The van der Waals surface area contributed by atoms with Crippen LogP contribution < -0.4 is 5.32 Å². The molecule has 2 rings (SSSR count). The van der Waals surface area contributed by atoms with E-state index in [1.165, 1.54) is 12.0 Å². The van der Waals surface area contributed by atoms with E-state index in [1.807, 2.05) is 40.9 Å². The van der Waals surface area contributed by atoms with E-state index in [1.54, 1.807) is 43.6 Å². The number of carbonyl (C=O) groups is 3. The zero-order valence-corrected chi connectivity index (χ0v) is 26.1. The molecule has 1 saturated heterocycles. The van der Waals surface area contributed by atoms with Crippen LogP contribution in [0, 0.1) is 11.8 Å². The van der Waals surface area contributed by atoms with Crippen molar-refractivity contribution in [3.63, 3.8) is 0 Å². The third-order valence-corrected chi connectivity index (χ3v) is 6.78. The number of hydrogen-bond donors (Lipinski definition) is 1. The molecule has 11 heteroatoms. The minimum Gasteiger partial charge on any atom is -0.469 e. The summed E-state index contributed by atoms with van der Waals surface area (Å²) in [6, 6.07) is -0.424. The van der Waals surface area contributed by atoms with Crippen LogP contribution >= 0.6 is 11.8 Å². The first kappa shape index (κ1) is 32.7. The van der Waals surface area contributed by atoms with E-state index >= 15 is 0 Å². The molecule has 0 radical (unpaired) electrons. The van der Waals surface area contributed by atoms with Crippen molar-refractivity contribution in [1.29, 1.82) is 0 Å². The number of anilines is 1. The maximum absolute atomic E-state index is 14.2. The number of amides is 2. The molecule has 1 aromatic rings. The van der Waals surface area contributed by atoms with Gasteiger partial charge in [0.15, 0.2) is 0 Å². The van der Waals surface area contributed by atoms with Crippen molar-refractivity contribution in [2.75, 3.05) is 50.6 Å². The third kappa shape index (κ3) is 9.54. The van der Waals surface area contributed by atoms with Gasteiger partial charge in [0.05, 0.1) is 19.1 Å².